The molecule has 1 heterocycles. The molecule has 2 atom stereocenters. The summed E-state index contributed by atoms with van der Waals surface area (Å²) in [6.07, 6.45) is -5.77. The van der Waals surface area contributed by atoms with E-state index in [2.05, 4.69) is 4.74 Å². The Morgan fingerprint density at radius 2 is 1.18 bits per heavy atom. The van der Waals surface area contributed by atoms with Crippen molar-refractivity contribution in [1.29, 1.82) is 0 Å². The van der Waals surface area contributed by atoms with Crippen LogP contribution in [0.4, 0.5) is 26.3 Å². The zero-order valence-electron chi connectivity index (χ0n) is 13.8. The van der Waals surface area contributed by atoms with Gasteiger partial charge in [0.05, 0.1) is 0 Å². The Kier molecular flexibility index (Phi) is 4.47. The Morgan fingerprint density at radius 3 is 1.50 bits per heavy atom. The SMILES string of the molecule is CCC(C)(C)C1(F)OC(F)(F)C(F)(C(C)(CC)CC)C1(F)F. The first-order valence-electron chi connectivity index (χ1n) is 7.47. The molecule has 0 N–H and O–H groups in total. The van der Waals surface area contributed by atoms with Gasteiger partial charge in [0.25, 0.3) is 11.5 Å². The lowest BCUT2D eigenvalue weighted by atomic mass is 9.64. The second-order valence-electron chi connectivity index (χ2n) is 6.95. The van der Waals surface area contributed by atoms with Gasteiger partial charge in [-0.25, -0.2) is 8.78 Å². The predicted molar refractivity (Wildman–Crippen MR) is 71.4 cm³/mol. The van der Waals surface area contributed by atoms with Crippen molar-refractivity contribution < 1.29 is 31.1 Å². The molecule has 0 aromatic carbocycles. The highest BCUT2D eigenvalue weighted by Crippen LogP contribution is 2.70. The standard InChI is InChI=1S/C15H24F6O/c1-7-10(4,5)14(19)13(17,18)12(16,15(20,21)22-14)11(6,8-2)9-3/h7-9H2,1-6H3. The average Bonchev–Trinajstić information content (AvgIpc) is 2.54. The third-order valence-corrected chi connectivity index (χ3v) is 5.65. The Hall–Kier alpha value is -0.460. The van der Waals surface area contributed by atoms with Crippen LogP contribution in [0.15, 0.2) is 0 Å². The maximum Gasteiger partial charge on any atom is 0.399 e. The molecule has 2 unspecified atom stereocenters. The molecule has 1 rings (SSSR count). The summed E-state index contributed by atoms with van der Waals surface area (Å²) in [6.45, 7) is 7.02. The molecule has 0 spiro atoms. The molecule has 1 saturated heterocycles. The van der Waals surface area contributed by atoms with E-state index < -0.39 is 34.4 Å². The minimum atomic E-state index is -5.00. The maximum atomic E-state index is 15.2. The van der Waals surface area contributed by atoms with Crippen LogP contribution in [0.3, 0.4) is 0 Å². The Bertz CT molecular complexity index is 432. The van der Waals surface area contributed by atoms with Crippen molar-refractivity contribution in [2.75, 3.05) is 0 Å². The second-order valence-corrected chi connectivity index (χ2v) is 6.95. The molecule has 0 aromatic rings. The molecule has 0 radical (unpaired) electrons. The lowest BCUT2D eigenvalue weighted by molar-refractivity contribution is -0.350. The van der Waals surface area contributed by atoms with Crippen molar-refractivity contribution >= 4 is 0 Å². The summed E-state index contributed by atoms with van der Waals surface area (Å²) >= 11 is 0. The molecule has 0 bridgehead atoms. The van der Waals surface area contributed by atoms with Gasteiger partial charge in [0.2, 0.25) is 0 Å². The second kappa shape index (κ2) is 5.02. The van der Waals surface area contributed by atoms with Crippen LogP contribution in [0.1, 0.15) is 60.8 Å². The number of ether oxygens (including phenoxy) is 1. The van der Waals surface area contributed by atoms with Gasteiger partial charge in [0.15, 0.2) is 0 Å². The van der Waals surface area contributed by atoms with Gasteiger partial charge in [-0.1, -0.05) is 41.5 Å². The molecular weight excluding hydrogens is 310 g/mol. The quantitative estimate of drug-likeness (QED) is 0.570. The fourth-order valence-electron chi connectivity index (χ4n) is 2.97. The van der Waals surface area contributed by atoms with Crippen LogP contribution >= 0.6 is 0 Å². The van der Waals surface area contributed by atoms with Crippen LogP contribution in [0, 0.1) is 10.8 Å². The van der Waals surface area contributed by atoms with Gasteiger partial charge in [-0.15, -0.1) is 0 Å². The fraction of sp³-hybridized carbons (Fsp3) is 1.00. The van der Waals surface area contributed by atoms with Crippen molar-refractivity contribution in [2.45, 2.75) is 84.4 Å². The van der Waals surface area contributed by atoms with E-state index in [-0.39, 0.29) is 19.3 Å². The van der Waals surface area contributed by atoms with Crippen LogP contribution in [0.25, 0.3) is 0 Å². The van der Waals surface area contributed by atoms with E-state index in [0.717, 1.165) is 20.8 Å². The van der Waals surface area contributed by atoms with E-state index in [1.165, 1.54) is 20.8 Å². The van der Waals surface area contributed by atoms with Crippen molar-refractivity contribution in [3.8, 4) is 0 Å². The van der Waals surface area contributed by atoms with Gasteiger partial charge < -0.3 is 0 Å². The monoisotopic (exact) mass is 334 g/mol. The van der Waals surface area contributed by atoms with Crippen LogP contribution in [0.5, 0.6) is 0 Å². The summed E-state index contributed by atoms with van der Waals surface area (Å²) in [4.78, 5) is 0. The normalized spacial score (nSPS) is 34.9. The third-order valence-electron chi connectivity index (χ3n) is 5.65. The third kappa shape index (κ3) is 1.89. The molecule has 22 heavy (non-hydrogen) atoms. The number of alkyl halides is 6. The predicted octanol–water partition coefficient (Wildman–Crippen LogP) is 5.88. The minimum absolute atomic E-state index is 0.222. The number of hydrogen-bond acceptors (Lipinski definition) is 1. The van der Waals surface area contributed by atoms with Gasteiger partial charge in [-0.05, 0) is 19.3 Å². The molecule has 1 aliphatic rings. The lowest BCUT2D eigenvalue weighted by Gasteiger charge is -2.45. The van der Waals surface area contributed by atoms with Crippen molar-refractivity contribution in [3.05, 3.63) is 0 Å². The lowest BCUT2D eigenvalue weighted by Crippen LogP contribution is -2.65. The van der Waals surface area contributed by atoms with E-state index in [4.69, 9.17) is 0 Å². The largest absolute Gasteiger partial charge is 0.399 e. The molecule has 1 aliphatic heterocycles. The van der Waals surface area contributed by atoms with E-state index in [1.54, 1.807) is 0 Å². The molecule has 0 amide bonds. The molecule has 1 nitrogen and oxygen atoms in total. The fourth-order valence-corrected chi connectivity index (χ4v) is 2.97. The summed E-state index contributed by atoms with van der Waals surface area (Å²) < 4.78 is 91.9. The first kappa shape index (κ1) is 19.6. The van der Waals surface area contributed by atoms with Crippen LogP contribution in [-0.4, -0.2) is 23.6 Å². The summed E-state index contributed by atoms with van der Waals surface area (Å²) in [6, 6.07) is 0. The topological polar surface area (TPSA) is 9.23 Å². The van der Waals surface area contributed by atoms with Crippen molar-refractivity contribution in [3.63, 3.8) is 0 Å². The summed E-state index contributed by atoms with van der Waals surface area (Å²) in [5.41, 5.74) is -8.56. The molecule has 0 aliphatic carbocycles. The first-order chi connectivity index (χ1) is 9.64. The molecular formula is C15H24F6O. The molecule has 132 valence electrons. The van der Waals surface area contributed by atoms with Gasteiger partial charge in [0.1, 0.15) is 0 Å². The Morgan fingerprint density at radius 1 is 0.773 bits per heavy atom. The average molecular weight is 334 g/mol. The summed E-state index contributed by atoms with van der Waals surface area (Å²) in [5.74, 6) is -9.09. The van der Waals surface area contributed by atoms with Gasteiger partial charge in [-0.2, -0.15) is 17.6 Å². The van der Waals surface area contributed by atoms with Crippen molar-refractivity contribution in [2.24, 2.45) is 10.8 Å². The van der Waals surface area contributed by atoms with Crippen LogP contribution in [0.2, 0.25) is 0 Å². The van der Waals surface area contributed by atoms with Crippen LogP contribution in [-0.2, 0) is 4.74 Å². The van der Waals surface area contributed by atoms with Gasteiger partial charge in [0, 0.05) is 10.8 Å². The van der Waals surface area contributed by atoms with E-state index in [1.807, 2.05) is 0 Å². The van der Waals surface area contributed by atoms with E-state index in [9.17, 15) is 22.0 Å². The van der Waals surface area contributed by atoms with Crippen molar-refractivity contribution in [1.82, 2.24) is 0 Å². The van der Waals surface area contributed by atoms with Gasteiger partial charge in [-0.3, -0.25) is 4.74 Å². The highest BCUT2D eigenvalue weighted by molar-refractivity contribution is 5.21. The van der Waals surface area contributed by atoms with E-state index in [0.29, 0.717) is 0 Å². The summed E-state index contributed by atoms with van der Waals surface area (Å²) in [5, 5.41) is 0. The highest BCUT2D eigenvalue weighted by Gasteiger charge is 2.92. The zero-order valence-corrected chi connectivity index (χ0v) is 13.8. The molecule has 0 aromatic heterocycles. The first-order valence-corrected chi connectivity index (χ1v) is 7.47. The van der Waals surface area contributed by atoms with Crippen LogP contribution < -0.4 is 0 Å². The molecule has 0 saturated carbocycles. The maximum absolute atomic E-state index is 15.2. The highest BCUT2D eigenvalue weighted by atomic mass is 19.3. The molecule has 1 fully saturated rings. The Labute approximate surface area is 127 Å². The smallest absolute Gasteiger partial charge is 0.273 e. The number of hydrogen-bond donors (Lipinski definition) is 0. The number of halogens is 6. The zero-order chi connectivity index (χ0) is 17.8. The summed E-state index contributed by atoms with van der Waals surface area (Å²) in [7, 11) is 0. The molecule has 7 heteroatoms. The van der Waals surface area contributed by atoms with E-state index >= 15 is 4.39 Å². The Balaban J connectivity index is 3.69. The number of rotatable bonds is 5. The minimum Gasteiger partial charge on any atom is -0.273 e. The van der Waals surface area contributed by atoms with Gasteiger partial charge >= 0.3 is 12.0 Å².